The first kappa shape index (κ1) is 14.9. The molecular formula is C14H12N6O2S. The Morgan fingerprint density at radius 3 is 2.83 bits per heavy atom. The van der Waals surface area contributed by atoms with Gasteiger partial charge in [-0.1, -0.05) is 29.5 Å². The summed E-state index contributed by atoms with van der Waals surface area (Å²) in [4.78, 5) is 23.1. The molecule has 2 N–H and O–H groups in total. The minimum absolute atomic E-state index is 0.0932. The van der Waals surface area contributed by atoms with Gasteiger partial charge in [0, 0.05) is 6.54 Å². The maximum atomic E-state index is 11.4. The number of anilines is 3. The summed E-state index contributed by atoms with van der Waals surface area (Å²) >= 11 is 1.39. The monoisotopic (exact) mass is 328 g/mol. The van der Waals surface area contributed by atoms with E-state index in [1.807, 2.05) is 24.3 Å². The number of rotatable bonds is 6. The predicted molar refractivity (Wildman–Crippen MR) is 90.3 cm³/mol. The SMILES string of the molecule is C=CCNc1ncnc(Nc2nc3ccccc3s2)c1[N+](=O)[O-]. The Hall–Kier alpha value is -3.07. The summed E-state index contributed by atoms with van der Waals surface area (Å²) in [6.45, 7) is 3.92. The second-order valence-corrected chi connectivity index (χ2v) is 5.49. The van der Waals surface area contributed by atoms with E-state index in [4.69, 9.17) is 0 Å². The number of nitro groups is 1. The van der Waals surface area contributed by atoms with Gasteiger partial charge in [0.05, 0.1) is 15.1 Å². The average Bonchev–Trinajstić information content (AvgIpc) is 2.94. The average molecular weight is 328 g/mol. The van der Waals surface area contributed by atoms with Gasteiger partial charge in [-0.15, -0.1) is 6.58 Å². The summed E-state index contributed by atoms with van der Waals surface area (Å²) in [7, 11) is 0. The number of fused-ring (bicyclic) bond motifs is 1. The van der Waals surface area contributed by atoms with Crippen LogP contribution in [0.3, 0.4) is 0 Å². The van der Waals surface area contributed by atoms with Crippen LogP contribution in [0.25, 0.3) is 10.2 Å². The molecule has 0 saturated carbocycles. The van der Waals surface area contributed by atoms with Gasteiger partial charge in [0.25, 0.3) is 0 Å². The zero-order valence-electron chi connectivity index (χ0n) is 11.9. The van der Waals surface area contributed by atoms with Crippen LogP contribution in [0.1, 0.15) is 0 Å². The first-order valence-electron chi connectivity index (χ1n) is 6.66. The van der Waals surface area contributed by atoms with Gasteiger partial charge in [0.1, 0.15) is 6.33 Å². The Kier molecular flexibility index (Phi) is 4.11. The molecule has 0 fully saturated rings. The van der Waals surface area contributed by atoms with Crippen LogP contribution in [-0.2, 0) is 0 Å². The van der Waals surface area contributed by atoms with Gasteiger partial charge < -0.3 is 10.6 Å². The van der Waals surface area contributed by atoms with E-state index in [9.17, 15) is 10.1 Å². The van der Waals surface area contributed by atoms with Gasteiger partial charge in [0.15, 0.2) is 5.13 Å². The maximum absolute atomic E-state index is 11.4. The minimum Gasteiger partial charge on any atom is -0.361 e. The van der Waals surface area contributed by atoms with Crippen LogP contribution in [0.5, 0.6) is 0 Å². The Balaban J connectivity index is 1.98. The number of hydrogen-bond acceptors (Lipinski definition) is 8. The number of thiazole rings is 1. The Bertz CT molecular complexity index is 846. The lowest BCUT2D eigenvalue weighted by Crippen LogP contribution is -2.08. The van der Waals surface area contributed by atoms with E-state index < -0.39 is 4.92 Å². The molecule has 116 valence electrons. The summed E-state index contributed by atoms with van der Waals surface area (Å²) in [6, 6.07) is 7.61. The normalized spacial score (nSPS) is 10.4. The zero-order valence-corrected chi connectivity index (χ0v) is 12.7. The Labute approximate surface area is 135 Å². The molecule has 0 aliphatic carbocycles. The van der Waals surface area contributed by atoms with Crippen molar-refractivity contribution in [2.45, 2.75) is 0 Å². The first-order valence-corrected chi connectivity index (χ1v) is 7.47. The van der Waals surface area contributed by atoms with E-state index in [0.29, 0.717) is 11.7 Å². The van der Waals surface area contributed by atoms with Crippen LogP contribution in [0.15, 0.2) is 43.2 Å². The minimum atomic E-state index is -0.527. The lowest BCUT2D eigenvalue weighted by Gasteiger charge is -2.07. The molecule has 0 atom stereocenters. The quantitative estimate of drug-likeness (QED) is 0.406. The molecule has 0 aliphatic rings. The summed E-state index contributed by atoms with van der Waals surface area (Å²) < 4.78 is 0.983. The van der Waals surface area contributed by atoms with Gasteiger partial charge >= 0.3 is 5.69 Å². The van der Waals surface area contributed by atoms with E-state index in [0.717, 1.165) is 10.2 Å². The molecule has 23 heavy (non-hydrogen) atoms. The van der Waals surface area contributed by atoms with Crippen molar-refractivity contribution >= 4 is 44.0 Å². The molecule has 0 amide bonds. The highest BCUT2D eigenvalue weighted by Crippen LogP contribution is 2.33. The van der Waals surface area contributed by atoms with E-state index in [2.05, 4.69) is 32.2 Å². The Morgan fingerprint density at radius 1 is 1.30 bits per heavy atom. The van der Waals surface area contributed by atoms with Gasteiger partial charge in [0.2, 0.25) is 11.6 Å². The summed E-state index contributed by atoms with van der Waals surface area (Å²) in [5.74, 6) is 0.226. The van der Waals surface area contributed by atoms with Crippen molar-refractivity contribution in [2.75, 3.05) is 17.2 Å². The summed E-state index contributed by atoms with van der Waals surface area (Å²) in [6.07, 6.45) is 2.85. The molecule has 3 aromatic rings. The highest BCUT2D eigenvalue weighted by atomic mass is 32.1. The van der Waals surface area contributed by atoms with E-state index in [1.165, 1.54) is 17.7 Å². The maximum Gasteiger partial charge on any atom is 0.353 e. The van der Waals surface area contributed by atoms with Crippen LogP contribution in [0, 0.1) is 10.1 Å². The fourth-order valence-corrected chi connectivity index (χ4v) is 2.83. The number of hydrogen-bond donors (Lipinski definition) is 2. The second kappa shape index (κ2) is 6.36. The van der Waals surface area contributed by atoms with Crippen LogP contribution in [-0.4, -0.2) is 26.4 Å². The lowest BCUT2D eigenvalue weighted by atomic mass is 10.3. The van der Waals surface area contributed by atoms with Crippen molar-refractivity contribution < 1.29 is 4.92 Å². The standard InChI is InChI=1S/C14H12N6O2S/c1-2-7-15-12-11(20(21)22)13(17-8-16-12)19-14-18-9-5-3-4-6-10(9)23-14/h2-6,8H,1,7H2,(H2,15,16,17,18,19). The summed E-state index contributed by atoms with van der Waals surface area (Å²) in [5.41, 5.74) is 0.593. The third-order valence-corrected chi connectivity index (χ3v) is 3.89. The van der Waals surface area contributed by atoms with Crippen LogP contribution in [0.2, 0.25) is 0 Å². The third-order valence-electron chi connectivity index (χ3n) is 2.94. The number of para-hydroxylation sites is 1. The summed E-state index contributed by atoms with van der Waals surface area (Å²) in [5, 5.41) is 17.6. The van der Waals surface area contributed by atoms with Crippen LogP contribution in [0.4, 0.5) is 22.5 Å². The van der Waals surface area contributed by atoms with Gasteiger partial charge in [-0.2, -0.15) is 0 Å². The van der Waals surface area contributed by atoms with E-state index in [1.54, 1.807) is 6.08 Å². The van der Waals surface area contributed by atoms with E-state index >= 15 is 0 Å². The van der Waals surface area contributed by atoms with Crippen molar-refractivity contribution in [1.82, 2.24) is 15.0 Å². The van der Waals surface area contributed by atoms with Crippen molar-refractivity contribution in [3.05, 3.63) is 53.4 Å². The van der Waals surface area contributed by atoms with Gasteiger partial charge in [-0.3, -0.25) is 10.1 Å². The molecule has 0 bridgehead atoms. The van der Waals surface area contributed by atoms with Crippen molar-refractivity contribution in [2.24, 2.45) is 0 Å². The molecular weight excluding hydrogens is 316 g/mol. The smallest absolute Gasteiger partial charge is 0.353 e. The van der Waals surface area contributed by atoms with Crippen molar-refractivity contribution in [3.63, 3.8) is 0 Å². The van der Waals surface area contributed by atoms with Crippen LogP contribution >= 0.6 is 11.3 Å². The number of nitrogens with one attached hydrogen (secondary N) is 2. The van der Waals surface area contributed by atoms with Crippen LogP contribution < -0.4 is 10.6 Å². The zero-order chi connectivity index (χ0) is 16.2. The lowest BCUT2D eigenvalue weighted by molar-refractivity contribution is -0.383. The molecule has 0 saturated heterocycles. The molecule has 0 radical (unpaired) electrons. The van der Waals surface area contributed by atoms with E-state index in [-0.39, 0.29) is 17.3 Å². The largest absolute Gasteiger partial charge is 0.361 e. The third kappa shape index (κ3) is 3.09. The fraction of sp³-hybridized carbons (Fsp3) is 0.0714. The molecule has 0 spiro atoms. The molecule has 9 heteroatoms. The number of nitrogens with zero attached hydrogens (tertiary/aromatic N) is 4. The molecule has 0 aliphatic heterocycles. The highest BCUT2D eigenvalue weighted by Gasteiger charge is 2.23. The highest BCUT2D eigenvalue weighted by molar-refractivity contribution is 7.22. The molecule has 3 rings (SSSR count). The molecule has 0 unspecified atom stereocenters. The van der Waals surface area contributed by atoms with Crippen molar-refractivity contribution in [3.8, 4) is 0 Å². The first-order chi connectivity index (χ1) is 11.2. The van der Waals surface area contributed by atoms with Crippen molar-refractivity contribution in [1.29, 1.82) is 0 Å². The fourth-order valence-electron chi connectivity index (χ4n) is 1.97. The predicted octanol–water partition coefficient (Wildman–Crippen LogP) is 3.34. The molecule has 1 aromatic carbocycles. The number of aromatic nitrogens is 3. The molecule has 2 heterocycles. The second-order valence-electron chi connectivity index (χ2n) is 4.46. The van der Waals surface area contributed by atoms with Gasteiger partial charge in [-0.25, -0.2) is 15.0 Å². The topological polar surface area (TPSA) is 106 Å². The molecule has 2 aromatic heterocycles. The Morgan fingerprint density at radius 2 is 2.09 bits per heavy atom. The van der Waals surface area contributed by atoms with Gasteiger partial charge in [-0.05, 0) is 12.1 Å². The number of benzene rings is 1. The molecule has 8 nitrogen and oxygen atoms in total.